The Morgan fingerprint density at radius 2 is 2.25 bits per heavy atom. The third kappa shape index (κ3) is 2.25. The summed E-state index contributed by atoms with van der Waals surface area (Å²) in [5.74, 6) is -0.117. The molecule has 1 saturated heterocycles. The van der Waals surface area contributed by atoms with E-state index in [1.54, 1.807) is 13.0 Å². The lowest BCUT2D eigenvalue weighted by molar-refractivity contribution is 0.251. The van der Waals surface area contributed by atoms with Crippen LogP contribution in [0.4, 0.5) is 4.39 Å². The molecule has 0 amide bonds. The molecule has 1 aromatic rings. The first-order valence-corrected chi connectivity index (χ1v) is 5.82. The Bertz CT molecular complexity index is 378. The summed E-state index contributed by atoms with van der Waals surface area (Å²) in [6.07, 6.45) is 1.04. The SMILES string of the molecule is Cc1ccc(CN2CCC(N)C2C)cc1F. The minimum absolute atomic E-state index is 0.117. The first-order valence-electron chi connectivity index (χ1n) is 5.82. The van der Waals surface area contributed by atoms with Crippen molar-refractivity contribution in [1.29, 1.82) is 0 Å². The fourth-order valence-corrected chi connectivity index (χ4v) is 2.22. The fraction of sp³-hybridized carbons (Fsp3) is 0.538. The molecule has 1 fully saturated rings. The van der Waals surface area contributed by atoms with E-state index in [0.29, 0.717) is 11.6 Å². The second-order valence-electron chi connectivity index (χ2n) is 4.75. The van der Waals surface area contributed by atoms with Gasteiger partial charge in [0.15, 0.2) is 0 Å². The van der Waals surface area contributed by atoms with Crippen molar-refractivity contribution in [2.24, 2.45) is 5.73 Å². The van der Waals surface area contributed by atoms with Crippen molar-refractivity contribution in [3.63, 3.8) is 0 Å². The molecule has 0 spiro atoms. The van der Waals surface area contributed by atoms with E-state index in [9.17, 15) is 4.39 Å². The van der Waals surface area contributed by atoms with Gasteiger partial charge in [0.25, 0.3) is 0 Å². The molecular formula is C13H19FN2. The highest BCUT2D eigenvalue weighted by Crippen LogP contribution is 2.19. The normalized spacial score (nSPS) is 26.2. The molecule has 1 heterocycles. The lowest BCUT2D eigenvalue weighted by Crippen LogP contribution is -2.36. The zero-order valence-electron chi connectivity index (χ0n) is 9.91. The molecule has 0 aromatic heterocycles. The maximum absolute atomic E-state index is 13.4. The molecule has 0 saturated carbocycles. The van der Waals surface area contributed by atoms with Gasteiger partial charge in [-0.05, 0) is 37.5 Å². The summed E-state index contributed by atoms with van der Waals surface area (Å²) in [6.45, 7) is 5.74. The molecular weight excluding hydrogens is 203 g/mol. The summed E-state index contributed by atoms with van der Waals surface area (Å²) in [6, 6.07) is 6.12. The predicted molar refractivity (Wildman–Crippen MR) is 63.6 cm³/mol. The lowest BCUT2D eigenvalue weighted by Gasteiger charge is -2.23. The number of benzene rings is 1. The van der Waals surface area contributed by atoms with Crippen LogP contribution in [0.5, 0.6) is 0 Å². The van der Waals surface area contributed by atoms with Crippen molar-refractivity contribution in [1.82, 2.24) is 4.90 Å². The van der Waals surface area contributed by atoms with E-state index in [1.165, 1.54) is 0 Å². The Kier molecular flexibility index (Phi) is 3.26. The third-order valence-electron chi connectivity index (χ3n) is 3.57. The molecule has 0 aliphatic carbocycles. The van der Waals surface area contributed by atoms with Crippen molar-refractivity contribution in [3.05, 3.63) is 35.1 Å². The maximum atomic E-state index is 13.4. The van der Waals surface area contributed by atoms with Gasteiger partial charge in [-0.1, -0.05) is 12.1 Å². The monoisotopic (exact) mass is 222 g/mol. The Balaban J connectivity index is 2.07. The number of likely N-dealkylation sites (tertiary alicyclic amines) is 1. The highest BCUT2D eigenvalue weighted by Gasteiger charge is 2.27. The van der Waals surface area contributed by atoms with Crippen LogP contribution in [0.3, 0.4) is 0 Å². The van der Waals surface area contributed by atoms with E-state index in [1.807, 2.05) is 12.1 Å². The van der Waals surface area contributed by atoms with Gasteiger partial charge in [-0.2, -0.15) is 0 Å². The second kappa shape index (κ2) is 4.52. The van der Waals surface area contributed by atoms with Crippen molar-refractivity contribution >= 4 is 0 Å². The molecule has 2 N–H and O–H groups in total. The highest BCUT2D eigenvalue weighted by molar-refractivity contribution is 5.23. The first kappa shape index (κ1) is 11.6. The number of rotatable bonds is 2. The van der Waals surface area contributed by atoms with E-state index < -0.39 is 0 Å². The predicted octanol–water partition coefficient (Wildman–Crippen LogP) is 2.06. The molecule has 2 nitrogen and oxygen atoms in total. The summed E-state index contributed by atoms with van der Waals surface area (Å²) in [4.78, 5) is 2.31. The minimum atomic E-state index is -0.117. The summed E-state index contributed by atoms with van der Waals surface area (Å²) >= 11 is 0. The molecule has 1 aliphatic rings. The summed E-state index contributed by atoms with van der Waals surface area (Å²) in [5, 5.41) is 0. The Morgan fingerprint density at radius 1 is 1.50 bits per heavy atom. The quantitative estimate of drug-likeness (QED) is 0.830. The van der Waals surface area contributed by atoms with Gasteiger partial charge in [-0.3, -0.25) is 4.90 Å². The van der Waals surface area contributed by atoms with E-state index in [-0.39, 0.29) is 11.9 Å². The molecule has 1 aromatic carbocycles. The van der Waals surface area contributed by atoms with Crippen molar-refractivity contribution in [3.8, 4) is 0 Å². The summed E-state index contributed by atoms with van der Waals surface area (Å²) in [7, 11) is 0. The van der Waals surface area contributed by atoms with E-state index in [4.69, 9.17) is 5.73 Å². The molecule has 16 heavy (non-hydrogen) atoms. The average molecular weight is 222 g/mol. The van der Waals surface area contributed by atoms with Crippen LogP contribution in [0.1, 0.15) is 24.5 Å². The van der Waals surface area contributed by atoms with E-state index in [2.05, 4.69) is 11.8 Å². The molecule has 2 rings (SSSR count). The molecule has 1 aliphatic heterocycles. The number of hydrogen-bond donors (Lipinski definition) is 1. The topological polar surface area (TPSA) is 29.3 Å². The van der Waals surface area contributed by atoms with Gasteiger partial charge in [0, 0.05) is 25.2 Å². The number of halogens is 1. The largest absolute Gasteiger partial charge is 0.326 e. The Morgan fingerprint density at radius 3 is 2.81 bits per heavy atom. The maximum Gasteiger partial charge on any atom is 0.126 e. The van der Waals surface area contributed by atoms with Gasteiger partial charge >= 0.3 is 0 Å². The van der Waals surface area contributed by atoms with Gasteiger partial charge in [0.05, 0.1) is 0 Å². The molecule has 88 valence electrons. The Hall–Kier alpha value is -0.930. The average Bonchev–Trinajstić information content (AvgIpc) is 2.55. The van der Waals surface area contributed by atoms with E-state index in [0.717, 1.165) is 25.1 Å². The molecule has 0 bridgehead atoms. The lowest BCUT2D eigenvalue weighted by atomic mass is 10.1. The van der Waals surface area contributed by atoms with Crippen LogP contribution in [-0.4, -0.2) is 23.5 Å². The van der Waals surface area contributed by atoms with Crippen LogP contribution < -0.4 is 5.73 Å². The number of hydrogen-bond acceptors (Lipinski definition) is 2. The van der Waals surface area contributed by atoms with Gasteiger partial charge in [0.1, 0.15) is 5.82 Å². The second-order valence-corrected chi connectivity index (χ2v) is 4.75. The zero-order valence-corrected chi connectivity index (χ0v) is 9.91. The van der Waals surface area contributed by atoms with Crippen LogP contribution in [0.25, 0.3) is 0 Å². The van der Waals surface area contributed by atoms with Gasteiger partial charge in [0.2, 0.25) is 0 Å². The molecule has 2 unspecified atom stereocenters. The van der Waals surface area contributed by atoms with Crippen molar-refractivity contribution in [2.45, 2.75) is 38.9 Å². The zero-order chi connectivity index (χ0) is 11.7. The third-order valence-corrected chi connectivity index (χ3v) is 3.57. The fourth-order valence-electron chi connectivity index (χ4n) is 2.22. The number of nitrogens with zero attached hydrogens (tertiary/aromatic N) is 1. The van der Waals surface area contributed by atoms with Gasteiger partial charge < -0.3 is 5.73 Å². The molecule has 3 heteroatoms. The number of nitrogens with two attached hydrogens (primary N) is 1. The Labute approximate surface area is 96.2 Å². The standard InChI is InChI=1S/C13H19FN2/c1-9-3-4-11(7-12(9)14)8-16-6-5-13(15)10(16)2/h3-4,7,10,13H,5-6,8,15H2,1-2H3. The van der Waals surface area contributed by atoms with Crippen LogP contribution >= 0.6 is 0 Å². The molecule has 2 atom stereocenters. The summed E-state index contributed by atoms with van der Waals surface area (Å²) < 4.78 is 13.4. The van der Waals surface area contributed by atoms with Crippen LogP contribution in [0.2, 0.25) is 0 Å². The van der Waals surface area contributed by atoms with Crippen LogP contribution in [-0.2, 0) is 6.54 Å². The van der Waals surface area contributed by atoms with Crippen LogP contribution in [0, 0.1) is 12.7 Å². The summed E-state index contributed by atoms with van der Waals surface area (Å²) in [5.41, 5.74) is 7.70. The van der Waals surface area contributed by atoms with Gasteiger partial charge in [-0.15, -0.1) is 0 Å². The highest BCUT2D eigenvalue weighted by atomic mass is 19.1. The molecule has 0 radical (unpaired) electrons. The van der Waals surface area contributed by atoms with E-state index >= 15 is 0 Å². The van der Waals surface area contributed by atoms with Gasteiger partial charge in [-0.25, -0.2) is 4.39 Å². The smallest absolute Gasteiger partial charge is 0.126 e. The van der Waals surface area contributed by atoms with Crippen LogP contribution in [0.15, 0.2) is 18.2 Å². The first-order chi connectivity index (χ1) is 7.58. The minimum Gasteiger partial charge on any atom is -0.326 e. The van der Waals surface area contributed by atoms with Crippen molar-refractivity contribution < 1.29 is 4.39 Å². The number of aryl methyl sites for hydroxylation is 1. The van der Waals surface area contributed by atoms with Crippen molar-refractivity contribution in [2.75, 3.05) is 6.54 Å².